The largest absolute Gasteiger partial charge is 0.484 e. The van der Waals surface area contributed by atoms with Crippen LogP contribution in [-0.4, -0.2) is 46.5 Å². The zero-order valence-electron chi connectivity index (χ0n) is 15.4. The van der Waals surface area contributed by atoms with Crippen LogP contribution in [0, 0.1) is 24.7 Å². The second kappa shape index (κ2) is 9.34. The Kier molecular flexibility index (Phi) is 7.15. The van der Waals surface area contributed by atoms with Gasteiger partial charge in [0.15, 0.2) is 0 Å². The number of hydrogen-bond acceptors (Lipinski definition) is 5. The van der Waals surface area contributed by atoms with E-state index in [2.05, 4.69) is 22.1 Å². The van der Waals surface area contributed by atoms with Crippen molar-refractivity contribution >= 4 is 28.1 Å². The third kappa shape index (κ3) is 5.67. The average Bonchev–Trinajstić information content (AvgIpc) is 2.67. The lowest BCUT2D eigenvalue weighted by molar-refractivity contribution is 0.0694. The lowest BCUT2D eigenvalue weighted by atomic mass is 10.1. The monoisotopic (exact) mass is 382 g/mol. The maximum atomic E-state index is 9.66. The van der Waals surface area contributed by atoms with Crippen LogP contribution in [-0.2, 0) is 4.74 Å². The molecule has 0 saturated carbocycles. The van der Waals surface area contributed by atoms with Crippen molar-refractivity contribution in [3.8, 4) is 30.4 Å². The van der Waals surface area contributed by atoms with Gasteiger partial charge in [0.1, 0.15) is 23.4 Å². The normalized spacial score (nSPS) is 13.8. The molecule has 140 valence electrons. The molecule has 5 nitrogen and oxygen atoms in total. The summed E-state index contributed by atoms with van der Waals surface area (Å²) in [6.07, 6.45) is 11.8. The fourth-order valence-corrected chi connectivity index (χ4v) is 2.67. The number of rotatable bonds is 8. The van der Waals surface area contributed by atoms with E-state index in [9.17, 15) is 5.11 Å². The van der Waals surface area contributed by atoms with Crippen molar-refractivity contribution in [1.82, 2.24) is 10.3 Å². The number of nitrogens with zero attached hydrogens (tertiary/aromatic N) is 1. The summed E-state index contributed by atoms with van der Waals surface area (Å²) in [5.41, 5.74) is 0.782. The van der Waals surface area contributed by atoms with Crippen molar-refractivity contribution in [2.24, 2.45) is 0 Å². The highest BCUT2D eigenvalue weighted by Gasteiger charge is 2.26. The minimum Gasteiger partial charge on any atom is -0.484 e. The molecule has 0 aliphatic rings. The quantitative estimate of drug-likeness (QED) is 0.415. The smallest absolute Gasteiger partial charge is 0.146 e. The first-order valence-electron chi connectivity index (χ1n) is 8.38. The van der Waals surface area contributed by atoms with Gasteiger partial charge in [-0.2, -0.15) is 0 Å². The first kappa shape index (κ1) is 20.7. The van der Waals surface area contributed by atoms with Crippen molar-refractivity contribution in [1.29, 1.82) is 0 Å². The summed E-state index contributed by atoms with van der Waals surface area (Å²) < 4.78 is 11.3. The van der Waals surface area contributed by atoms with E-state index in [0.717, 1.165) is 10.9 Å². The van der Waals surface area contributed by atoms with Gasteiger partial charge >= 0.3 is 0 Å². The topological polar surface area (TPSA) is 63.6 Å². The second-order valence-corrected chi connectivity index (χ2v) is 6.83. The maximum Gasteiger partial charge on any atom is 0.146 e. The molecule has 2 N–H and O–H groups in total. The van der Waals surface area contributed by atoms with Crippen LogP contribution in [0.1, 0.15) is 19.4 Å². The van der Waals surface area contributed by atoms with Crippen molar-refractivity contribution in [2.45, 2.75) is 25.5 Å². The average molecular weight is 382 g/mol. The number of pyridine rings is 1. The Bertz CT molecular complexity index is 900. The number of thiocarbonyl (C=S) groups is 1. The molecule has 0 bridgehead atoms. The van der Waals surface area contributed by atoms with Crippen LogP contribution in [0.5, 0.6) is 5.75 Å². The molecule has 0 aliphatic carbocycles. The Morgan fingerprint density at radius 1 is 1.41 bits per heavy atom. The predicted octanol–water partition coefficient (Wildman–Crippen LogP) is 2.30. The van der Waals surface area contributed by atoms with E-state index in [1.165, 1.54) is 0 Å². The lowest BCUT2D eigenvalue weighted by Crippen LogP contribution is -2.54. The Balaban J connectivity index is 2.06. The van der Waals surface area contributed by atoms with Crippen molar-refractivity contribution in [2.75, 3.05) is 19.8 Å². The van der Waals surface area contributed by atoms with Gasteiger partial charge < -0.3 is 19.9 Å². The molecule has 1 heterocycles. The fraction of sp³-hybridized carbons (Fsp3) is 0.333. The number of terminal acetylenes is 2. The van der Waals surface area contributed by atoms with E-state index >= 15 is 0 Å². The van der Waals surface area contributed by atoms with Crippen LogP contribution < -0.4 is 10.1 Å². The van der Waals surface area contributed by atoms with Gasteiger partial charge in [-0.15, -0.1) is 12.8 Å². The summed E-state index contributed by atoms with van der Waals surface area (Å²) in [4.78, 5) is 4.76. The van der Waals surface area contributed by atoms with E-state index in [0.29, 0.717) is 16.3 Å². The molecule has 1 aromatic heterocycles. The molecule has 2 rings (SSSR count). The second-order valence-electron chi connectivity index (χ2n) is 6.39. The number of aliphatic hydroxyl groups excluding tert-OH is 1. The Hall–Kier alpha value is -2.64. The summed E-state index contributed by atoms with van der Waals surface area (Å²) in [5, 5.41) is 13.6. The number of aliphatic hydroxyl groups is 1. The summed E-state index contributed by atoms with van der Waals surface area (Å²) in [5.74, 6) is 5.60. The molecule has 0 radical (unpaired) electrons. The molecule has 0 aliphatic heterocycles. The zero-order valence-corrected chi connectivity index (χ0v) is 16.2. The van der Waals surface area contributed by atoms with Crippen molar-refractivity contribution in [3.05, 3.63) is 36.0 Å². The molecule has 0 amide bonds. The van der Waals surface area contributed by atoms with E-state index < -0.39 is 11.6 Å². The Labute approximate surface area is 165 Å². The molecule has 2 unspecified atom stereocenters. The van der Waals surface area contributed by atoms with Crippen LogP contribution in [0.3, 0.4) is 0 Å². The third-order valence-electron chi connectivity index (χ3n) is 3.88. The van der Waals surface area contributed by atoms with Gasteiger partial charge in [-0.3, -0.25) is 4.98 Å². The van der Waals surface area contributed by atoms with E-state index in [4.69, 9.17) is 34.5 Å². The van der Waals surface area contributed by atoms with Gasteiger partial charge in [-0.25, -0.2) is 0 Å². The number of nitrogens with one attached hydrogen (secondary N) is 1. The molecule has 2 aromatic rings. The first-order valence-corrected chi connectivity index (χ1v) is 8.79. The summed E-state index contributed by atoms with van der Waals surface area (Å²) in [6, 6.07) is 7.43. The molecule has 6 heteroatoms. The van der Waals surface area contributed by atoms with E-state index in [1.807, 2.05) is 31.2 Å². The fourth-order valence-electron chi connectivity index (χ4n) is 2.38. The highest BCUT2D eigenvalue weighted by molar-refractivity contribution is 7.80. The lowest BCUT2D eigenvalue weighted by Gasteiger charge is -2.31. The van der Waals surface area contributed by atoms with Crippen LogP contribution >= 0.6 is 12.2 Å². The van der Waals surface area contributed by atoms with Gasteiger partial charge in [0.05, 0.1) is 24.3 Å². The minimum atomic E-state index is -0.749. The third-order valence-corrected chi connectivity index (χ3v) is 4.32. The number of benzene rings is 1. The van der Waals surface area contributed by atoms with Gasteiger partial charge in [0, 0.05) is 17.1 Å². The van der Waals surface area contributed by atoms with E-state index in [-0.39, 0.29) is 19.8 Å². The standard InChI is InChI=1S/C21H22N2O3S/c1-5-9-25-14-21(4,13-24)23-20(27)15(3)26-18-7-8-19-17(11-18)10-16(6-2)12-22-19/h1-2,7-8,10-12,15,24H,9,13-14H2,3-4H3,(H,23,27). The van der Waals surface area contributed by atoms with Gasteiger partial charge in [-0.1, -0.05) is 24.1 Å². The Morgan fingerprint density at radius 3 is 2.85 bits per heavy atom. The van der Waals surface area contributed by atoms with Crippen molar-refractivity contribution < 1.29 is 14.6 Å². The molecular formula is C21H22N2O3S. The van der Waals surface area contributed by atoms with Gasteiger partial charge in [-0.05, 0) is 38.1 Å². The predicted molar refractivity (Wildman–Crippen MR) is 111 cm³/mol. The van der Waals surface area contributed by atoms with Gasteiger partial charge in [0.2, 0.25) is 0 Å². The van der Waals surface area contributed by atoms with Crippen LogP contribution in [0.15, 0.2) is 30.5 Å². The molecule has 0 spiro atoms. The number of aromatic nitrogens is 1. The molecule has 1 aromatic carbocycles. The summed E-state index contributed by atoms with van der Waals surface area (Å²) >= 11 is 5.42. The van der Waals surface area contributed by atoms with Crippen LogP contribution in [0.2, 0.25) is 0 Å². The van der Waals surface area contributed by atoms with Gasteiger partial charge in [0.25, 0.3) is 0 Å². The highest BCUT2D eigenvalue weighted by Crippen LogP contribution is 2.21. The molecular weight excluding hydrogens is 360 g/mol. The SMILES string of the molecule is C#CCOCC(C)(CO)NC(=S)C(C)Oc1ccc2ncc(C#C)cc2c1. The summed E-state index contributed by atoms with van der Waals surface area (Å²) in [6.45, 7) is 3.85. The zero-order chi connectivity index (χ0) is 19.9. The minimum absolute atomic E-state index is 0.166. The molecule has 2 atom stereocenters. The number of fused-ring (bicyclic) bond motifs is 1. The molecule has 0 saturated heterocycles. The van der Waals surface area contributed by atoms with Crippen LogP contribution in [0.25, 0.3) is 10.9 Å². The molecule has 0 fully saturated rings. The maximum absolute atomic E-state index is 9.66. The Morgan fingerprint density at radius 2 is 2.19 bits per heavy atom. The highest BCUT2D eigenvalue weighted by atomic mass is 32.1. The molecule has 27 heavy (non-hydrogen) atoms. The number of ether oxygens (including phenoxy) is 2. The number of hydrogen-bond donors (Lipinski definition) is 2. The van der Waals surface area contributed by atoms with Crippen molar-refractivity contribution in [3.63, 3.8) is 0 Å². The summed E-state index contributed by atoms with van der Waals surface area (Å²) in [7, 11) is 0. The van der Waals surface area contributed by atoms with E-state index in [1.54, 1.807) is 13.1 Å². The van der Waals surface area contributed by atoms with Crippen LogP contribution in [0.4, 0.5) is 0 Å². The first-order chi connectivity index (χ1) is 12.9.